The van der Waals surface area contributed by atoms with E-state index in [0.29, 0.717) is 5.56 Å². The molecule has 1 aliphatic heterocycles. The van der Waals surface area contributed by atoms with Gasteiger partial charge in [-0.25, -0.2) is 4.39 Å². The summed E-state index contributed by atoms with van der Waals surface area (Å²) in [5, 5.41) is 9.78. The average Bonchev–Trinajstić information content (AvgIpc) is 2.74. The van der Waals surface area contributed by atoms with Crippen LogP contribution in [0.5, 0.6) is 11.5 Å². The van der Waals surface area contributed by atoms with Crippen LogP contribution >= 0.6 is 11.6 Å². The lowest BCUT2D eigenvalue weighted by Crippen LogP contribution is -2.22. The van der Waals surface area contributed by atoms with Gasteiger partial charge in [0.25, 0.3) is 0 Å². The summed E-state index contributed by atoms with van der Waals surface area (Å²) >= 11 is 6.25. The highest BCUT2D eigenvalue weighted by atomic mass is 35.5. The van der Waals surface area contributed by atoms with Gasteiger partial charge in [0.05, 0.1) is 12.3 Å². The predicted octanol–water partition coefficient (Wildman–Crippen LogP) is 4.85. The zero-order valence-corrected chi connectivity index (χ0v) is 16.9. The molecule has 0 aromatic heterocycles. The normalized spacial score (nSPS) is 14.9. The van der Waals surface area contributed by atoms with Crippen LogP contribution in [0.25, 0.3) is 0 Å². The van der Waals surface area contributed by atoms with Crippen LogP contribution in [0.15, 0.2) is 78.2 Å². The van der Waals surface area contributed by atoms with Crippen LogP contribution in [0.4, 0.5) is 4.39 Å². The number of carbonyl (C=O) groups is 1. The Labute approximate surface area is 183 Å². The summed E-state index contributed by atoms with van der Waals surface area (Å²) in [6, 6.07) is 20.1. The minimum absolute atomic E-state index is 0.0494. The number of nitrogens with two attached hydrogens (primary N) is 1. The van der Waals surface area contributed by atoms with Gasteiger partial charge in [-0.15, -0.1) is 0 Å². The van der Waals surface area contributed by atoms with E-state index in [2.05, 4.69) is 0 Å². The number of nitrogens with zero attached hydrogens (tertiary/aromatic N) is 1. The largest absolute Gasteiger partial charge is 0.440 e. The van der Waals surface area contributed by atoms with Crippen LogP contribution in [0.1, 0.15) is 22.6 Å². The van der Waals surface area contributed by atoms with Crippen molar-refractivity contribution in [3.8, 4) is 17.6 Å². The van der Waals surface area contributed by atoms with Gasteiger partial charge < -0.3 is 15.2 Å². The zero-order valence-electron chi connectivity index (χ0n) is 16.1. The molecule has 1 unspecified atom stereocenters. The monoisotopic (exact) mass is 434 g/mol. The molecule has 7 heteroatoms. The lowest BCUT2D eigenvalue weighted by atomic mass is 9.83. The molecule has 3 aromatic carbocycles. The number of hydrogen-bond donors (Lipinski definition) is 1. The molecule has 5 nitrogen and oxygen atoms in total. The summed E-state index contributed by atoms with van der Waals surface area (Å²) in [7, 11) is 0. The number of ether oxygens (including phenoxy) is 2. The molecule has 4 rings (SSSR count). The Hall–Kier alpha value is -3.82. The number of rotatable bonds is 4. The van der Waals surface area contributed by atoms with E-state index >= 15 is 0 Å². The van der Waals surface area contributed by atoms with Gasteiger partial charge in [-0.1, -0.05) is 54.1 Å². The Morgan fingerprint density at radius 3 is 2.65 bits per heavy atom. The van der Waals surface area contributed by atoms with Crippen LogP contribution in [-0.2, 0) is 11.2 Å². The maximum atomic E-state index is 14.7. The molecule has 0 fully saturated rings. The summed E-state index contributed by atoms with van der Waals surface area (Å²) in [5.74, 6) is -1.53. The molecular weight excluding hydrogens is 419 g/mol. The third-order valence-corrected chi connectivity index (χ3v) is 5.23. The highest BCUT2D eigenvalue weighted by Crippen LogP contribution is 2.46. The van der Waals surface area contributed by atoms with Crippen molar-refractivity contribution in [2.45, 2.75) is 12.3 Å². The molecule has 1 heterocycles. The van der Waals surface area contributed by atoms with E-state index in [1.54, 1.807) is 18.2 Å². The van der Waals surface area contributed by atoms with Gasteiger partial charge in [0.15, 0.2) is 0 Å². The Balaban J connectivity index is 1.68. The number of allylic oxidation sites excluding steroid dienone is 1. The van der Waals surface area contributed by atoms with Crippen molar-refractivity contribution in [2.75, 3.05) is 0 Å². The summed E-state index contributed by atoms with van der Waals surface area (Å²) < 4.78 is 25.7. The molecule has 31 heavy (non-hydrogen) atoms. The first kappa shape index (κ1) is 20.5. The van der Waals surface area contributed by atoms with Gasteiger partial charge >= 0.3 is 5.97 Å². The molecule has 0 amide bonds. The highest BCUT2D eigenvalue weighted by Gasteiger charge is 2.34. The maximum Gasteiger partial charge on any atom is 0.315 e. The summed E-state index contributed by atoms with van der Waals surface area (Å²) in [5.41, 5.74) is 7.43. The molecule has 0 radical (unpaired) electrons. The fourth-order valence-electron chi connectivity index (χ4n) is 3.51. The van der Waals surface area contributed by atoms with E-state index in [1.165, 1.54) is 18.2 Å². The molecule has 0 saturated heterocycles. The molecule has 1 atom stereocenters. The second-order valence-corrected chi connectivity index (χ2v) is 7.30. The van der Waals surface area contributed by atoms with Crippen LogP contribution in [0.3, 0.4) is 0 Å². The number of benzene rings is 3. The number of esters is 1. The Bertz CT molecular complexity index is 1220. The average molecular weight is 435 g/mol. The minimum Gasteiger partial charge on any atom is -0.440 e. The molecule has 0 spiro atoms. The topological polar surface area (TPSA) is 85.3 Å². The Morgan fingerprint density at radius 1 is 1.16 bits per heavy atom. The number of hydrogen-bond acceptors (Lipinski definition) is 5. The lowest BCUT2D eigenvalue weighted by molar-refractivity contribution is -0.133. The van der Waals surface area contributed by atoms with Crippen molar-refractivity contribution >= 4 is 17.6 Å². The smallest absolute Gasteiger partial charge is 0.315 e. The second kappa shape index (κ2) is 8.50. The van der Waals surface area contributed by atoms with Crippen molar-refractivity contribution in [3.63, 3.8) is 0 Å². The quantitative estimate of drug-likeness (QED) is 0.469. The predicted molar refractivity (Wildman–Crippen MR) is 113 cm³/mol. The van der Waals surface area contributed by atoms with Crippen LogP contribution in [0.2, 0.25) is 5.02 Å². The summed E-state index contributed by atoms with van der Waals surface area (Å²) in [6.45, 7) is 0. The summed E-state index contributed by atoms with van der Waals surface area (Å²) in [6.07, 6.45) is 0.104. The fourth-order valence-corrected chi connectivity index (χ4v) is 3.78. The van der Waals surface area contributed by atoms with Gasteiger partial charge in [0, 0.05) is 22.2 Å². The molecule has 3 aromatic rings. The van der Waals surface area contributed by atoms with E-state index in [-0.39, 0.29) is 40.0 Å². The fraction of sp³-hybridized carbons (Fsp3) is 0.0833. The number of halogens is 2. The van der Waals surface area contributed by atoms with Crippen LogP contribution in [-0.4, -0.2) is 5.97 Å². The van der Waals surface area contributed by atoms with Gasteiger partial charge in [0.2, 0.25) is 5.88 Å². The van der Waals surface area contributed by atoms with Crippen molar-refractivity contribution in [1.82, 2.24) is 0 Å². The highest BCUT2D eigenvalue weighted by molar-refractivity contribution is 6.31. The van der Waals surface area contributed by atoms with E-state index in [1.807, 2.05) is 36.4 Å². The summed E-state index contributed by atoms with van der Waals surface area (Å²) in [4.78, 5) is 12.3. The van der Waals surface area contributed by atoms with Crippen molar-refractivity contribution < 1.29 is 18.7 Å². The minimum atomic E-state index is -0.850. The molecule has 1 aliphatic rings. The number of carbonyl (C=O) groups excluding carboxylic acids is 1. The standard InChI is InChI=1S/C24H16ClFN2O3/c25-18-7-4-8-19(26)23(18)22-16-10-9-15(12-20(16)31-24(28)17(22)13-27)30-21(29)11-14-5-2-1-3-6-14/h1-10,12,22H,11,28H2. The molecule has 2 N–H and O–H groups in total. The Morgan fingerprint density at radius 2 is 1.94 bits per heavy atom. The van der Waals surface area contributed by atoms with E-state index < -0.39 is 17.7 Å². The van der Waals surface area contributed by atoms with Crippen molar-refractivity contribution in [2.24, 2.45) is 5.73 Å². The first-order valence-corrected chi connectivity index (χ1v) is 9.75. The van der Waals surface area contributed by atoms with Gasteiger partial charge in [-0.05, 0) is 23.8 Å². The van der Waals surface area contributed by atoms with Crippen LogP contribution < -0.4 is 15.2 Å². The van der Waals surface area contributed by atoms with E-state index in [0.717, 1.165) is 5.56 Å². The number of nitriles is 1. The SMILES string of the molecule is N#CC1=C(N)Oc2cc(OC(=O)Cc3ccccc3)ccc2C1c1c(F)cccc1Cl. The molecule has 154 valence electrons. The Kier molecular flexibility index (Phi) is 5.61. The first-order valence-electron chi connectivity index (χ1n) is 9.38. The van der Waals surface area contributed by atoms with Gasteiger partial charge in [0.1, 0.15) is 29.0 Å². The van der Waals surface area contributed by atoms with E-state index in [4.69, 9.17) is 26.8 Å². The van der Waals surface area contributed by atoms with Crippen molar-refractivity contribution in [1.29, 1.82) is 5.26 Å². The molecule has 0 saturated carbocycles. The zero-order chi connectivity index (χ0) is 22.0. The molecular formula is C24H16ClFN2O3. The third-order valence-electron chi connectivity index (χ3n) is 4.90. The lowest BCUT2D eigenvalue weighted by Gasteiger charge is -2.27. The maximum absolute atomic E-state index is 14.7. The van der Waals surface area contributed by atoms with Crippen LogP contribution in [0, 0.1) is 17.1 Å². The third kappa shape index (κ3) is 4.09. The van der Waals surface area contributed by atoms with Crippen molar-refractivity contribution in [3.05, 3.63) is 106 Å². The molecule has 0 aliphatic carbocycles. The van der Waals surface area contributed by atoms with E-state index in [9.17, 15) is 14.4 Å². The van der Waals surface area contributed by atoms with Gasteiger partial charge in [-0.2, -0.15) is 5.26 Å². The first-order chi connectivity index (χ1) is 15.0. The van der Waals surface area contributed by atoms with Gasteiger partial charge in [-0.3, -0.25) is 4.79 Å². The second-order valence-electron chi connectivity index (χ2n) is 6.90. The number of fused-ring (bicyclic) bond motifs is 1. The molecule has 0 bridgehead atoms.